The van der Waals surface area contributed by atoms with Crippen LogP contribution in [0.15, 0.2) is 188 Å². The van der Waals surface area contributed by atoms with Gasteiger partial charge in [-0.2, -0.15) is 12.1 Å². The molecule has 0 bridgehead atoms. The van der Waals surface area contributed by atoms with Crippen LogP contribution in [0.1, 0.15) is 154 Å². The van der Waals surface area contributed by atoms with Crippen LogP contribution in [0.3, 0.4) is 0 Å². The number of fused-ring (bicyclic) bond motifs is 4. The van der Waals surface area contributed by atoms with Gasteiger partial charge in [-0.15, -0.1) is 48.1 Å². The van der Waals surface area contributed by atoms with Crippen LogP contribution in [0.25, 0.3) is 27.6 Å². The van der Waals surface area contributed by atoms with E-state index in [9.17, 15) is 0 Å². The Morgan fingerprint density at radius 3 is 1.46 bits per heavy atom. The second-order valence-electron chi connectivity index (χ2n) is 26.8. The van der Waals surface area contributed by atoms with Crippen molar-refractivity contribution in [3.05, 3.63) is 257 Å². The van der Waals surface area contributed by atoms with Gasteiger partial charge in [-0.05, 0) is 114 Å². The molecule has 0 spiro atoms. The van der Waals surface area contributed by atoms with Crippen LogP contribution in [0, 0.1) is 18.8 Å². The molecule has 0 radical (unpaired) electrons. The SMILES string of the molecule is CC(C)(C)c1ccc2c(c1)c1ccc(Oc3[c-]c(N4[CH-]N(c5cc(C(C)(C)c6ccccc6)cc(C(C)(C)c6ccccc6)c5)c5cc(C(C)(C)C)c(C(C)(C)C)cc54)ccc3)[c-]c1n2-c1cc(C(C)(C)c2ccccc2)ccn1.[Pt]. The van der Waals surface area contributed by atoms with Crippen LogP contribution < -0.4 is 14.5 Å². The quantitative estimate of drug-likeness (QED) is 0.121. The van der Waals surface area contributed by atoms with Crippen molar-refractivity contribution in [1.29, 1.82) is 0 Å². The van der Waals surface area contributed by atoms with E-state index in [0.29, 0.717) is 11.5 Å². The molecule has 81 heavy (non-hydrogen) atoms. The third-order valence-corrected chi connectivity index (χ3v) is 17.1. The van der Waals surface area contributed by atoms with E-state index in [2.05, 4.69) is 307 Å². The summed E-state index contributed by atoms with van der Waals surface area (Å²) in [6, 6.07) is 73.8. The third-order valence-electron chi connectivity index (χ3n) is 17.1. The maximum absolute atomic E-state index is 6.92. The smallest absolute Gasteiger partial charge is 0.135 e. The zero-order valence-corrected chi connectivity index (χ0v) is 52.3. The Hall–Kier alpha value is -7.20. The molecule has 1 aliphatic heterocycles. The van der Waals surface area contributed by atoms with Crippen LogP contribution in [0.2, 0.25) is 0 Å². The molecule has 8 aromatic carbocycles. The fourth-order valence-electron chi connectivity index (χ4n) is 11.8. The van der Waals surface area contributed by atoms with E-state index in [4.69, 9.17) is 9.72 Å². The van der Waals surface area contributed by atoms with Gasteiger partial charge in [0.05, 0.1) is 0 Å². The summed E-state index contributed by atoms with van der Waals surface area (Å²) >= 11 is 0. The van der Waals surface area contributed by atoms with E-state index < -0.39 is 0 Å². The van der Waals surface area contributed by atoms with Gasteiger partial charge in [0.25, 0.3) is 0 Å². The normalized spacial score (nSPS) is 13.4. The van der Waals surface area contributed by atoms with E-state index in [1.807, 2.05) is 18.3 Å². The molecule has 0 atom stereocenters. The molecule has 11 rings (SSSR count). The molecule has 0 fully saturated rings. The number of ether oxygens (including phenoxy) is 1. The second-order valence-corrected chi connectivity index (χ2v) is 26.8. The molecule has 0 saturated heterocycles. The first kappa shape index (κ1) is 57.0. The Bertz CT molecular complexity index is 3860. The molecule has 6 heteroatoms. The van der Waals surface area contributed by atoms with Crippen molar-refractivity contribution in [2.24, 2.45) is 0 Å². The molecule has 10 aromatic rings. The van der Waals surface area contributed by atoms with Gasteiger partial charge in [-0.1, -0.05) is 219 Å². The van der Waals surface area contributed by atoms with Crippen LogP contribution in [0.4, 0.5) is 22.7 Å². The van der Waals surface area contributed by atoms with Crippen molar-refractivity contribution in [3.63, 3.8) is 0 Å². The summed E-state index contributed by atoms with van der Waals surface area (Å²) in [7, 11) is 0. The van der Waals surface area contributed by atoms with Crippen molar-refractivity contribution >= 4 is 44.6 Å². The first-order valence-corrected chi connectivity index (χ1v) is 28.4. The van der Waals surface area contributed by atoms with Gasteiger partial charge in [0.2, 0.25) is 0 Å². The summed E-state index contributed by atoms with van der Waals surface area (Å²) in [6.07, 6.45) is 1.94. The fraction of sp³-hybridized carbons (Fsp3) is 0.280. The molecule has 0 aliphatic carbocycles. The van der Waals surface area contributed by atoms with Gasteiger partial charge in [0.1, 0.15) is 5.82 Å². The van der Waals surface area contributed by atoms with Crippen LogP contribution >= 0.6 is 0 Å². The van der Waals surface area contributed by atoms with Gasteiger partial charge < -0.3 is 19.1 Å². The first-order valence-electron chi connectivity index (χ1n) is 28.4. The van der Waals surface area contributed by atoms with Crippen molar-refractivity contribution < 1.29 is 25.8 Å². The number of nitrogens with zero attached hydrogens (tertiary/aromatic N) is 4. The average molecular weight is 1250 g/mol. The molecule has 416 valence electrons. The number of anilines is 4. The first-order chi connectivity index (χ1) is 37.8. The van der Waals surface area contributed by atoms with E-state index in [1.54, 1.807) is 0 Å². The van der Waals surface area contributed by atoms with Crippen molar-refractivity contribution in [2.75, 3.05) is 9.80 Å². The van der Waals surface area contributed by atoms with E-state index >= 15 is 0 Å². The molecule has 0 unspecified atom stereocenters. The maximum Gasteiger partial charge on any atom is 0.135 e. The number of rotatable bonds is 11. The van der Waals surface area contributed by atoms with E-state index in [-0.39, 0.29) is 53.6 Å². The number of pyridine rings is 1. The average Bonchev–Trinajstić information content (AvgIpc) is 4.06. The number of aromatic nitrogens is 2. The minimum atomic E-state index is -0.295. The van der Waals surface area contributed by atoms with Gasteiger partial charge in [0.15, 0.2) is 0 Å². The Labute approximate surface area is 497 Å². The van der Waals surface area contributed by atoms with Crippen LogP contribution in [-0.2, 0) is 53.6 Å². The topological polar surface area (TPSA) is 33.5 Å². The molecular weight excluding hydrogens is 1170 g/mol. The largest absolute Gasteiger partial charge is 0.509 e. The fourth-order valence-corrected chi connectivity index (χ4v) is 11.8. The summed E-state index contributed by atoms with van der Waals surface area (Å²) in [6.45, 7) is 37.0. The Morgan fingerprint density at radius 2 is 0.926 bits per heavy atom. The molecule has 0 saturated carbocycles. The van der Waals surface area contributed by atoms with Gasteiger partial charge in [-0.25, -0.2) is 4.98 Å². The summed E-state index contributed by atoms with van der Waals surface area (Å²) in [5.74, 6) is 2.02. The standard InChI is InChI=1S/C75H77N4O.Pt/c1-70(2,3)53-34-37-65-62(43-53)61-36-35-60(46-66(61)79(65)69-44-54(38-39-76-69)73(10,11)50-26-19-16-20-27-50)80-59-33-25-32-57(45-59)77-49-78(68-48-64(72(7,8)9)63(47-67(68)77)71(4,5)6)58-41-55(74(12,13)51-28-21-17-22-29-51)40-56(42-58)75(14,15)52-30-23-18-24-31-52;/h16-44,47-49H,1-15H3;/q-3;. The maximum atomic E-state index is 6.92. The molecule has 5 nitrogen and oxygen atoms in total. The van der Waals surface area contributed by atoms with E-state index in [1.165, 1.54) is 50.1 Å². The zero-order chi connectivity index (χ0) is 56.7. The van der Waals surface area contributed by atoms with Gasteiger partial charge in [0, 0.05) is 77.6 Å². The molecule has 0 amide bonds. The van der Waals surface area contributed by atoms with Gasteiger partial charge in [-0.3, -0.25) is 0 Å². The van der Waals surface area contributed by atoms with Crippen LogP contribution in [-0.4, -0.2) is 9.55 Å². The molecule has 2 aromatic heterocycles. The summed E-state index contributed by atoms with van der Waals surface area (Å²) in [5.41, 5.74) is 16.4. The summed E-state index contributed by atoms with van der Waals surface area (Å²) < 4.78 is 9.17. The second kappa shape index (κ2) is 21.0. The molecule has 1 aliphatic rings. The van der Waals surface area contributed by atoms with Crippen molar-refractivity contribution in [1.82, 2.24) is 9.55 Å². The predicted octanol–water partition coefficient (Wildman–Crippen LogP) is 19.8. The monoisotopic (exact) mass is 1240 g/mol. The molecular formula is C75H77N4OPt-3. The predicted molar refractivity (Wildman–Crippen MR) is 336 cm³/mol. The number of benzene rings is 8. The van der Waals surface area contributed by atoms with E-state index in [0.717, 1.165) is 50.4 Å². The molecule has 3 heterocycles. The summed E-state index contributed by atoms with van der Waals surface area (Å²) in [4.78, 5) is 9.77. The number of hydrogen-bond donors (Lipinski definition) is 0. The third kappa shape index (κ3) is 10.7. The Morgan fingerprint density at radius 1 is 0.407 bits per heavy atom. The Kier molecular flexibility index (Phi) is 14.8. The number of hydrogen-bond acceptors (Lipinski definition) is 4. The minimum Gasteiger partial charge on any atom is -0.509 e. The van der Waals surface area contributed by atoms with Gasteiger partial charge >= 0.3 is 0 Å². The summed E-state index contributed by atoms with van der Waals surface area (Å²) in [5, 5.41) is 2.24. The zero-order valence-electron chi connectivity index (χ0n) is 50.0. The van der Waals surface area contributed by atoms with Crippen LogP contribution in [0.5, 0.6) is 11.5 Å². The Balaban J connectivity index is 0.00000736. The van der Waals surface area contributed by atoms with Crippen molar-refractivity contribution in [2.45, 2.75) is 136 Å². The van der Waals surface area contributed by atoms with Crippen molar-refractivity contribution in [3.8, 4) is 17.3 Å². The molecule has 0 N–H and O–H groups in total. The minimum absolute atomic E-state index is 0.